The van der Waals surface area contributed by atoms with Gasteiger partial charge in [0.15, 0.2) is 6.19 Å². The summed E-state index contributed by atoms with van der Waals surface area (Å²) in [7, 11) is 4.01. The largest absolute Gasteiger partial charge is 0.314 e. The van der Waals surface area contributed by atoms with Crippen LogP contribution >= 0.6 is 0 Å². The minimum atomic E-state index is 0.811. The van der Waals surface area contributed by atoms with E-state index in [1.54, 1.807) is 4.90 Å². The zero-order valence-electron chi connectivity index (χ0n) is 7.95. The first-order valence-corrected chi connectivity index (χ1v) is 4.52. The molecule has 1 atom stereocenters. The third-order valence-electron chi connectivity index (χ3n) is 2.53. The minimum Gasteiger partial charge on any atom is -0.314 e. The zero-order chi connectivity index (χ0) is 8.97. The standard InChI is InChI=1S/C9H17N3/c1-11-5-3-9(7-11)4-6-12(2)8-10/h9H,3-7H2,1-2H3. The first-order valence-electron chi connectivity index (χ1n) is 4.52. The Morgan fingerprint density at radius 3 is 2.92 bits per heavy atom. The van der Waals surface area contributed by atoms with Crippen molar-refractivity contribution < 1.29 is 0 Å². The van der Waals surface area contributed by atoms with E-state index in [1.165, 1.54) is 19.5 Å². The van der Waals surface area contributed by atoms with Gasteiger partial charge in [-0.05, 0) is 32.4 Å². The molecule has 1 fully saturated rings. The summed E-state index contributed by atoms with van der Waals surface area (Å²) in [6.07, 6.45) is 4.58. The predicted molar refractivity (Wildman–Crippen MR) is 48.5 cm³/mol. The van der Waals surface area contributed by atoms with Gasteiger partial charge in [0.05, 0.1) is 0 Å². The average molecular weight is 167 g/mol. The van der Waals surface area contributed by atoms with E-state index in [0.29, 0.717) is 0 Å². The van der Waals surface area contributed by atoms with Crippen LogP contribution in [0.25, 0.3) is 0 Å². The predicted octanol–water partition coefficient (Wildman–Crippen LogP) is 0.741. The summed E-state index contributed by atoms with van der Waals surface area (Å²) in [5.41, 5.74) is 0. The van der Waals surface area contributed by atoms with Gasteiger partial charge < -0.3 is 9.80 Å². The molecule has 3 nitrogen and oxygen atoms in total. The molecule has 12 heavy (non-hydrogen) atoms. The van der Waals surface area contributed by atoms with Crippen LogP contribution in [0, 0.1) is 17.4 Å². The summed E-state index contributed by atoms with van der Waals surface area (Å²) < 4.78 is 0. The van der Waals surface area contributed by atoms with Crippen molar-refractivity contribution in [1.29, 1.82) is 5.26 Å². The van der Waals surface area contributed by atoms with Crippen LogP contribution in [0.15, 0.2) is 0 Å². The van der Waals surface area contributed by atoms with E-state index < -0.39 is 0 Å². The van der Waals surface area contributed by atoms with Gasteiger partial charge in [-0.2, -0.15) is 5.26 Å². The highest BCUT2D eigenvalue weighted by Crippen LogP contribution is 2.17. The smallest absolute Gasteiger partial charge is 0.179 e. The van der Waals surface area contributed by atoms with E-state index in [1.807, 2.05) is 7.05 Å². The van der Waals surface area contributed by atoms with Crippen LogP contribution in [0.5, 0.6) is 0 Å². The molecule has 0 aromatic rings. The maximum atomic E-state index is 8.53. The van der Waals surface area contributed by atoms with Crippen LogP contribution in [0.1, 0.15) is 12.8 Å². The Hall–Kier alpha value is -0.750. The van der Waals surface area contributed by atoms with Gasteiger partial charge in [0.25, 0.3) is 0 Å². The van der Waals surface area contributed by atoms with Crippen molar-refractivity contribution in [3.05, 3.63) is 0 Å². The molecule has 1 rings (SSSR count). The number of nitriles is 1. The van der Waals surface area contributed by atoms with Crippen LogP contribution in [0.3, 0.4) is 0 Å². The van der Waals surface area contributed by atoms with Crippen molar-refractivity contribution in [2.24, 2.45) is 5.92 Å². The van der Waals surface area contributed by atoms with Gasteiger partial charge in [-0.15, -0.1) is 0 Å². The van der Waals surface area contributed by atoms with Crippen LogP contribution in [-0.2, 0) is 0 Å². The lowest BCUT2D eigenvalue weighted by Crippen LogP contribution is -2.18. The molecular weight excluding hydrogens is 150 g/mol. The Balaban J connectivity index is 2.12. The lowest BCUT2D eigenvalue weighted by atomic mass is 10.1. The van der Waals surface area contributed by atoms with Gasteiger partial charge in [-0.3, -0.25) is 0 Å². The second-order valence-corrected chi connectivity index (χ2v) is 3.73. The molecule has 1 saturated heterocycles. The zero-order valence-corrected chi connectivity index (χ0v) is 7.95. The van der Waals surface area contributed by atoms with Gasteiger partial charge in [0.1, 0.15) is 0 Å². The van der Waals surface area contributed by atoms with Crippen molar-refractivity contribution in [2.75, 3.05) is 33.7 Å². The fourth-order valence-electron chi connectivity index (χ4n) is 1.69. The Bertz CT molecular complexity index is 173. The summed E-state index contributed by atoms with van der Waals surface area (Å²) in [6, 6.07) is 0. The fourth-order valence-corrected chi connectivity index (χ4v) is 1.69. The maximum Gasteiger partial charge on any atom is 0.179 e. The molecule has 68 valence electrons. The molecular formula is C9H17N3. The van der Waals surface area contributed by atoms with Gasteiger partial charge in [0.2, 0.25) is 0 Å². The Morgan fingerprint density at radius 1 is 1.67 bits per heavy atom. The molecule has 0 aliphatic carbocycles. The summed E-state index contributed by atoms with van der Waals surface area (Å²) in [4.78, 5) is 4.06. The summed E-state index contributed by atoms with van der Waals surface area (Å²) >= 11 is 0. The summed E-state index contributed by atoms with van der Waals surface area (Å²) in [5.74, 6) is 0.811. The van der Waals surface area contributed by atoms with E-state index in [9.17, 15) is 0 Å². The van der Waals surface area contributed by atoms with Crippen LogP contribution in [-0.4, -0.2) is 43.5 Å². The number of likely N-dealkylation sites (tertiary alicyclic amines) is 1. The molecule has 0 spiro atoms. The monoisotopic (exact) mass is 167 g/mol. The Morgan fingerprint density at radius 2 is 2.42 bits per heavy atom. The van der Waals surface area contributed by atoms with Crippen LogP contribution in [0.2, 0.25) is 0 Å². The number of hydrogen-bond donors (Lipinski definition) is 0. The van der Waals surface area contributed by atoms with Crippen LogP contribution < -0.4 is 0 Å². The van der Waals surface area contributed by atoms with Gasteiger partial charge in [-0.1, -0.05) is 0 Å². The highest BCUT2D eigenvalue weighted by atomic mass is 15.1. The van der Waals surface area contributed by atoms with Gasteiger partial charge in [-0.25, -0.2) is 0 Å². The number of nitrogens with zero attached hydrogens (tertiary/aromatic N) is 3. The molecule has 1 heterocycles. The third-order valence-corrected chi connectivity index (χ3v) is 2.53. The molecule has 0 saturated carbocycles. The topological polar surface area (TPSA) is 30.3 Å². The van der Waals surface area contributed by atoms with E-state index in [0.717, 1.165) is 18.9 Å². The van der Waals surface area contributed by atoms with E-state index >= 15 is 0 Å². The first-order chi connectivity index (χ1) is 5.72. The second kappa shape index (κ2) is 4.32. The Kier molecular flexibility index (Phi) is 3.36. The lowest BCUT2D eigenvalue weighted by Gasteiger charge is -2.13. The molecule has 0 N–H and O–H groups in total. The van der Waals surface area contributed by atoms with E-state index in [4.69, 9.17) is 5.26 Å². The number of hydrogen-bond acceptors (Lipinski definition) is 3. The van der Waals surface area contributed by atoms with Crippen molar-refractivity contribution in [2.45, 2.75) is 12.8 Å². The maximum absolute atomic E-state index is 8.53. The molecule has 0 aromatic carbocycles. The fraction of sp³-hybridized carbons (Fsp3) is 0.889. The highest BCUT2D eigenvalue weighted by molar-refractivity contribution is 4.76. The van der Waals surface area contributed by atoms with Crippen LogP contribution in [0.4, 0.5) is 0 Å². The SMILES string of the molecule is CN(C#N)CCC1CCN(C)C1. The molecule has 0 radical (unpaired) electrons. The van der Waals surface area contributed by atoms with Crippen molar-refractivity contribution in [3.63, 3.8) is 0 Å². The molecule has 0 bridgehead atoms. The molecule has 1 aliphatic heterocycles. The van der Waals surface area contributed by atoms with E-state index in [-0.39, 0.29) is 0 Å². The normalized spacial score (nSPS) is 23.9. The van der Waals surface area contributed by atoms with Gasteiger partial charge in [0, 0.05) is 20.1 Å². The molecule has 3 heteroatoms. The summed E-state index contributed by atoms with van der Waals surface area (Å²) in [6.45, 7) is 3.34. The van der Waals surface area contributed by atoms with Crippen molar-refractivity contribution >= 4 is 0 Å². The molecule has 1 aliphatic rings. The van der Waals surface area contributed by atoms with Gasteiger partial charge >= 0.3 is 0 Å². The molecule has 1 unspecified atom stereocenters. The second-order valence-electron chi connectivity index (χ2n) is 3.73. The minimum absolute atomic E-state index is 0.811. The lowest BCUT2D eigenvalue weighted by molar-refractivity contribution is 0.361. The molecule has 0 amide bonds. The quantitative estimate of drug-likeness (QED) is 0.459. The van der Waals surface area contributed by atoms with Crippen molar-refractivity contribution in [3.8, 4) is 6.19 Å². The summed E-state index contributed by atoms with van der Waals surface area (Å²) in [5, 5.41) is 8.53. The van der Waals surface area contributed by atoms with Crippen molar-refractivity contribution in [1.82, 2.24) is 9.80 Å². The molecule has 0 aromatic heterocycles. The average Bonchev–Trinajstić information content (AvgIpc) is 2.47. The number of rotatable bonds is 3. The highest BCUT2D eigenvalue weighted by Gasteiger charge is 2.18. The Labute approximate surface area is 74.6 Å². The first kappa shape index (κ1) is 9.34. The third kappa shape index (κ3) is 2.71. The van der Waals surface area contributed by atoms with E-state index in [2.05, 4.69) is 18.1 Å².